The van der Waals surface area contributed by atoms with Crippen LogP contribution < -0.4 is 0 Å². The zero-order valence-electron chi connectivity index (χ0n) is 27.6. The standard InChI is InChI=1S/2C18H12N6.Fe.H2O4S/c2*1-4-10-19-13(7-1)16-22-17(14-8-2-5-11-20-14)24-18(23-16)15-9-3-6-12-21-15;;1-5(2,3)4/h2*1-12H;;(H2,1,2,3,4)/q;;+2;/p-2. The van der Waals surface area contributed by atoms with Crippen molar-refractivity contribution in [3.63, 3.8) is 0 Å². The number of hydrogen-bond donors (Lipinski definition) is 0. The summed E-state index contributed by atoms with van der Waals surface area (Å²) in [5, 5.41) is 0. The van der Waals surface area contributed by atoms with E-state index in [0.717, 1.165) is 0 Å². The third-order valence-electron chi connectivity index (χ3n) is 6.63. The van der Waals surface area contributed by atoms with E-state index in [2.05, 4.69) is 59.8 Å². The van der Waals surface area contributed by atoms with Gasteiger partial charge in [-0.25, -0.2) is 29.9 Å². The van der Waals surface area contributed by atoms with Crippen molar-refractivity contribution in [1.29, 1.82) is 0 Å². The van der Waals surface area contributed by atoms with Gasteiger partial charge in [0.25, 0.3) is 0 Å². The molecule has 0 unspecified atom stereocenters. The van der Waals surface area contributed by atoms with E-state index in [4.69, 9.17) is 17.5 Å². The van der Waals surface area contributed by atoms with Gasteiger partial charge in [-0.15, -0.1) is 0 Å². The first kappa shape index (κ1) is 38.5. The van der Waals surface area contributed by atoms with Crippen molar-refractivity contribution in [2.75, 3.05) is 0 Å². The number of rotatable bonds is 6. The molecule has 18 heteroatoms. The molecule has 0 saturated heterocycles. The molecule has 0 aromatic carbocycles. The van der Waals surface area contributed by atoms with E-state index >= 15 is 0 Å². The normalized spacial score (nSPS) is 10.4. The van der Waals surface area contributed by atoms with Gasteiger partial charge < -0.3 is 9.11 Å². The van der Waals surface area contributed by atoms with Gasteiger partial charge in [0.15, 0.2) is 34.9 Å². The Hall–Kier alpha value is -6.69. The topological polar surface area (TPSA) is 235 Å². The molecule has 0 fully saturated rings. The molecule has 0 atom stereocenters. The van der Waals surface area contributed by atoms with E-state index in [1.165, 1.54) is 0 Å². The molecule has 0 radical (unpaired) electrons. The fraction of sp³-hybridized carbons (Fsp3) is 0. The van der Waals surface area contributed by atoms with Crippen molar-refractivity contribution in [3.05, 3.63) is 146 Å². The van der Waals surface area contributed by atoms with Crippen LogP contribution in [0.1, 0.15) is 0 Å². The number of nitrogens with zero attached hydrogens (tertiary/aromatic N) is 12. The summed E-state index contributed by atoms with van der Waals surface area (Å²) in [7, 11) is -5.17. The van der Waals surface area contributed by atoms with Crippen LogP contribution in [0, 0.1) is 0 Å². The molecular formula is C36H24FeN12O4S. The Morgan fingerprint density at radius 3 is 0.574 bits per heavy atom. The first-order valence-corrected chi connectivity index (χ1v) is 16.8. The minimum atomic E-state index is -5.17. The Bertz CT molecular complexity index is 2030. The second-order valence-corrected chi connectivity index (χ2v) is 11.1. The third-order valence-corrected chi connectivity index (χ3v) is 6.63. The summed E-state index contributed by atoms with van der Waals surface area (Å²) in [6.45, 7) is 0. The smallest absolute Gasteiger partial charge is 0.759 e. The third kappa shape index (κ3) is 11.2. The molecule has 8 aromatic rings. The van der Waals surface area contributed by atoms with Crippen molar-refractivity contribution >= 4 is 10.4 Å². The minimum Gasteiger partial charge on any atom is -0.759 e. The van der Waals surface area contributed by atoms with Crippen LogP contribution in [0.5, 0.6) is 0 Å². The van der Waals surface area contributed by atoms with Gasteiger partial charge in [-0.2, -0.15) is 0 Å². The largest absolute Gasteiger partial charge is 2.00 e. The number of hydrogen-bond acceptors (Lipinski definition) is 16. The molecule has 0 aliphatic rings. The van der Waals surface area contributed by atoms with E-state index in [0.29, 0.717) is 69.1 Å². The van der Waals surface area contributed by atoms with Gasteiger partial charge in [-0.05, 0) is 72.8 Å². The molecule has 0 aliphatic carbocycles. The summed E-state index contributed by atoms with van der Waals surface area (Å²) in [5.41, 5.74) is 4.05. The van der Waals surface area contributed by atoms with Crippen LogP contribution in [-0.4, -0.2) is 77.3 Å². The van der Waals surface area contributed by atoms with Crippen molar-refractivity contribution in [3.8, 4) is 69.1 Å². The summed E-state index contributed by atoms with van der Waals surface area (Å²) in [5.74, 6) is 2.96. The Morgan fingerprint density at radius 1 is 0.315 bits per heavy atom. The molecule has 16 nitrogen and oxygen atoms in total. The molecule has 8 heterocycles. The van der Waals surface area contributed by atoms with Gasteiger partial charge in [0.05, 0.1) is 0 Å². The number of aromatic nitrogens is 12. The molecule has 0 amide bonds. The van der Waals surface area contributed by atoms with E-state index < -0.39 is 10.4 Å². The zero-order chi connectivity index (χ0) is 36.9. The van der Waals surface area contributed by atoms with Crippen LogP contribution in [0.25, 0.3) is 69.1 Å². The maximum Gasteiger partial charge on any atom is 2.00 e. The Labute approximate surface area is 319 Å². The molecule has 0 bridgehead atoms. The summed E-state index contributed by atoms with van der Waals surface area (Å²) in [6, 6.07) is 33.6. The van der Waals surface area contributed by atoms with Crippen LogP contribution in [0.2, 0.25) is 0 Å². The summed E-state index contributed by atoms with van der Waals surface area (Å²) < 4.78 is 34.1. The molecule has 266 valence electrons. The second kappa shape index (κ2) is 18.7. The van der Waals surface area contributed by atoms with Crippen molar-refractivity contribution in [2.45, 2.75) is 0 Å². The van der Waals surface area contributed by atoms with Crippen LogP contribution in [-0.2, 0) is 27.5 Å². The van der Waals surface area contributed by atoms with Crippen LogP contribution >= 0.6 is 0 Å². The fourth-order valence-corrected chi connectivity index (χ4v) is 4.41. The Balaban J connectivity index is 0.000000182. The predicted molar refractivity (Wildman–Crippen MR) is 190 cm³/mol. The average molecular weight is 777 g/mol. The van der Waals surface area contributed by atoms with Gasteiger partial charge in [0.2, 0.25) is 0 Å². The van der Waals surface area contributed by atoms with Gasteiger partial charge in [-0.1, -0.05) is 36.4 Å². The Kier molecular flexibility index (Phi) is 13.3. The minimum absolute atomic E-state index is 0. The van der Waals surface area contributed by atoms with Crippen LogP contribution in [0.4, 0.5) is 0 Å². The van der Waals surface area contributed by atoms with Gasteiger partial charge in [-0.3, -0.25) is 38.3 Å². The zero-order valence-corrected chi connectivity index (χ0v) is 29.5. The number of pyridine rings is 6. The summed E-state index contributed by atoms with van der Waals surface area (Å²) in [4.78, 5) is 53.1. The van der Waals surface area contributed by atoms with Gasteiger partial charge in [0.1, 0.15) is 34.2 Å². The Morgan fingerprint density at radius 2 is 0.463 bits per heavy atom. The molecule has 54 heavy (non-hydrogen) atoms. The quantitative estimate of drug-likeness (QED) is 0.126. The predicted octanol–water partition coefficient (Wildman–Crippen LogP) is 4.77. The summed E-state index contributed by atoms with van der Waals surface area (Å²) >= 11 is 0. The molecular weight excluding hydrogens is 752 g/mol. The maximum absolute atomic E-state index is 8.52. The monoisotopic (exact) mass is 776 g/mol. The van der Waals surface area contributed by atoms with Crippen LogP contribution in [0.3, 0.4) is 0 Å². The van der Waals surface area contributed by atoms with Crippen LogP contribution in [0.15, 0.2) is 146 Å². The molecule has 0 spiro atoms. The average Bonchev–Trinajstić information content (AvgIpc) is 3.22. The molecule has 0 saturated carbocycles. The first-order chi connectivity index (χ1) is 25.8. The SMILES string of the molecule is O=S(=O)([O-])[O-].[Fe+2].c1ccc(-c2nc(-c3ccccn3)nc(-c3ccccn3)n2)nc1.c1ccc(-c2nc(-c3ccccn3)nc(-c3ccccn3)n2)nc1. The first-order valence-electron chi connectivity index (χ1n) is 15.5. The summed E-state index contributed by atoms with van der Waals surface area (Å²) in [6.07, 6.45) is 10.3. The van der Waals surface area contributed by atoms with Gasteiger partial charge >= 0.3 is 17.1 Å². The van der Waals surface area contributed by atoms with E-state index in [-0.39, 0.29) is 17.1 Å². The second-order valence-electron chi connectivity index (χ2n) is 10.3. The van der Waals surface area contributed by atoms with Crippen molar-refractivity contribution < 1.29 is 34.6 Å². The maximum atomic E-state index is 8.52. The van der Waals surface area contributed by atoms with Crippen molar-refractivity contribution in [1.82, 2.24) is 59.8 Å². The van der Waals surface area contributed by atoms with Crippen molar-refractivity contribution in [2.24, 2.45) is 0 Å². The molecule has 0 aliphatic heterocycles. The molecule has 0 N–H and O–H groups in total. The molecule has 8 aromatic heterocycles. The van der Waals surface area contributed by atoms with E-state index in [1.807, 2.05) is 109 Å². The fourth-order valence-electron chi connectivity index (χ4n) is 4.41. The van der Waals surface area contributed by atoms with Gasteiger partial charge in [0, 0.05) is 47.6 Å². The van der Waals surface area contributed by atoms with E-state index in [9.17, 15) is 0 Å². The van der Waals surface area contributed by atoms with E-state index in [1.54, 1.807) is 37.2 Å². The molecule has 8 rings (SSSR count).